The zero-order valence-electron chi connectivity index (χ0n) is 7.49. The van der Waals surface area contributed by atoms with E-state index in [1.807, 2.05) is 11.8 Å². The monoisotopic (exact) mass is 209 g/mol. The number of benzene rings is 1. The molecule has 3 heteroatoms. The van der Waals surface area contributed by atoms with Gasteiger partial charge in [-0.15, -0.1) is 11.8 Å². The highest BCUT2D eigenvalue weighted by Crippen LogP contribution is 2.38. The average Bonchev–Trinajstić information content (AvgIpc) is 2.16. The zero-order chi connectivity index (χ0) is 9.26. The van der Waals surface area contributed by atoms with Gasteiger partial charge in [-0.05, 0) is 30.5 Å². The summed E-state index contributed by atoms with van der Waals surface area (Å²) in [6, 6.07) is 6.79. The second-order valence-corrected chi connectivity index (χ2v) is 4.65. The fourth-order valence-electron chi connectivity index (χ4n) is 1.59. The first-order valence-corrected chi connectivity index (χ1v) is 5.72. The van der Waals surface area contributed by atoms with Gasteiger partial charge in [0.25, 0.3) is 0 Å². The topological polar surface area (TPSA) is 12.4 Å². The van der Waals surface area contributed by atoms with Gasteiger partial charge in [0, 0.05) is 23.1 Å². The molecule has 0 amide bonds. The van der Waals surface area contributed by atoms with E-state index in [1.165, 1.54) is 16.0 Å². The Balaban J connectivity index is 2.45. The smallest absolute Gasteiger partial charge is 0.0899 e. The van der Waals surface area contributed by atoms with E-state index in [-0.39, 0.29) is 6.04 Å². The van der Waals surface area contributed by atoms with Crippen LogP contribution in [0.5, 0.6) is 0 Å². The lowest BCUT2D eigenvalue weighted by Crippen LogP contribution is -2.04. The van der Waals surface area contributed by atoms with E-state index in [0.29, 0.717) is 0 Å². The van der Waals surface area contributed by atoms with E-state index in [1.54, 1.807) is 0 Å². The van der Waals surface area contributed by atoms with Crippen LogP contribution in [0.25, 0.3) is 0 Å². The third-order valence-corrected chi connectivity index (χ3v) is 3.66. The van der Waals surface area contributed by atoms with Gasteiger partial charge >= 0.3 is 0 Å². The number of hydrogen-bond donors (Lipinski definition) is 0. The van der Waals surface area contributed by atoms with E-state index in [9.17, 15) is 0 Å². The Bertz CT molecular complexity index is 336. The first kappa shape index (κ1) is 9.16. The van der Waals surface area contributed by atoms with Crippen LogP contribution in [0, 0.1) is 6.92 Å². The first-order valence-electron chi connectivity index (χ1n) is 4.37. The van der Waals surface area contributed by atoms with Gasteiger partial charge in [0.05, 0.1) is 6.04 Å². The first-order chi connectivity index (χ1) is 6.31. The molecular weight excluding hydrogens is 198 g/mol. The predicted molar refractivity (Wildman–Crippen MR) is 59.1 cm³/mol. The lowest BCUT2D eigenvalue weighted by Gasteiger charge is -2.20. The normalized spacial score (nSPS) is 20.8. The van der Waals surface area contributed by atoms with Crippen LogP contribution in [0.4, 0.5) is 0 Å². The van der Waals surface area contributed by atoms with E-state index in [4.69, 9.17) is 12.4 Å². The SMILES string of the molecule is Cc1ccc2c(c1)SCCC2N=S. The van der Waals surface area contributed by atoms with Gasteiger partial charge in [-0.25, -0.2) is 4.36 Å². The van der Waals surface area contributed by atoms with Crippen LogP contribution in [0.1, 0.15) is 23.6 Å². The Morgan fingerprint density at radius 1 is 1.54 bits per heavy atom. The number of thioether (sulfide) groups is 1. The highest BCUT2D eigenvalue weighted by atomic mass is 32.2. The summed E-state index contributed by atoms with van der Waals surface area (Å²) in [5.41, 5.74) is 2.63. The van der Waals surface area contributed by atoms with Gasteiger partial charge in [-0.1, -0.05) is 12.1 Å². The minimum atomic E-state index is 0.256. The lowest BCUT2D eigenvalue weighted by molar-refractivity contribution is 0.693. The third-order valence-electron chi connectivity index (χ3n) is 2.30. The van der Waals surface area contributed by atoms with Crippen LogP contribution in [0.15, 0.2) is 27.5 Å². The molecule has 13 heavy (non-hydrogen) atoms. The number of rotatable bonds is 1. The van der Waals surface area contributed by atoms with Crippen molar-refractivity contribution < 1.29 is 0 Å². The van der Waals surface area contributed by atoms with Crippen molar-refractivity contribution >= 4 is 24.2 Å². The van der Waals surface area contributed by atoms with Crippen molar-refractivity contribution in [3.8, 4) is 0 Å². The summed E-state index contributed by atoms with van der Waals surface area (Å²) in [7, 11) is 0. The van der Waals surface area contributed by atoms with Crippen molar-refractivity contribution in [3.05, 3.63) is 29.3 Å². The molecule has 1 aliphatic heterocycles. The van der Waals surface area contributed by atoms with Gasteiger partial charge < -0.3 is 0 Å². The fraction of sp³-hybridized carbons (Fsp3) is 0.400. The molecule has 1 aliphatic rings. The van der Waals surface area contributed by atoms with E-state index < -0.39 is 0 Å². The second kappa shape index (κ2) is 3.76. The Labute approximate surface area is 88.1 Å². The molecule has 1 nitrogen and oxygen atoms in total. The third kappa shape index (κ3) is 1.76. The van der Waals surface area contributed by atoms with Crippen LogP contribution in [0.2, 0.25) is 0 Å². The maximum Gasteiger partial charge on any atom is 0.0899 e. The van der Waals surface area contributed by atoms with Crippen LogP contribution in [-0.4, -0.2) is 5.75 Å². The molecule has 1 aromatic rings. The van der Waals surface area contributed by atoms with Crippen LogP contribution < -0.4 is 0 Å². The molecule has 0 aromatic heterocycles. The van der Waals surface area contributed by atoms with Crippen molar-refractivity contribution in [2.45, 2.75) is 24.3 Å². The number of fused-ring (bicyclic) bond motifs is 1. The average molecular weight is 209 g/mol. The molecular formula is C10H11NS2. The molecule has 1 unspecified atom stereocenters. The molecule has 0 bridgehead atoms. The summed E-state index contributed by atoms with van der Waals surface area (Å²) in [5, 5.41) is 0. The van der Waals surface area contributed by atoms with Crippen molar-refractivity contribution in [2.75, 3.05) is 5.75 Å². The van der Waals surface area contributed by atoms with Gasteiger partial charge in [-0.2, -0.15) is 0 Å². The summed E-state index contributed by atoms with van der Waals surface area (Å²) in [5.74, 6) is 1.14. The molecule has 0 N–H and O–H groups in total. The van der Waals surface area contributed by atoms with Gasteiger partial charge in [0.1, 0.15) is 0 Å². The Kier molecular flexibility index (Phi) is 2.65. The Morgan fingerprint density at radius 3 is 3.15 bits per heavy atom. The van der Waals surface area contributed by atoms with Crippen LogP contribution >= 0.6 is 11.8 Å². The quantitative estimate of drug-likeness (QED) is 0.704. The predicted octanol–water partition coefficient (Wildman–Crippen LogP) is 3.26. The Hall–Kier alpha value is -0.410. The van der Waals surface area contributed by atoms with Gasteiger partial charge in [-0.3, -0.25) is 0 Å². The Morgan fingerprint density at radius 2 is 2.38 bits per heavy atom. The van der Waals surface area contributed by atoms with E-state index in [2.05, 4.69) is 29.5 Å². The van der Waals surface area contributed by atoms with E-state index in [0.717, 1.165) is 12.2 Å². The number of aryl methyl sites for hydroxylation is 1. The van der Waals surface area contributed by atoms with Crippen molar-refractivity contribution in [3.63, 3.8) is 0 Å². The molecule has 1 heterocycles. The maximum atomic E-state index is 4.80. The van der Waals surface area contributed by atoms with Crippen molar-refractivity contribution in [1.29, 1.82) is 0 Å². The molecule has 0 saturated carbocycles. The van der Waals surface area contributed by atoms with Gasteiger partial charge in [0.2, 0.25) is 0 Å². The lowest BCUT2D eigenvalue weighted by atomic mass is 10.0. The molecule has 0 aliphatic carbocycles. The molecule has 68 valence electrons. The molecule has 2 rings (SSSR count). The van der Waals surface area contributed by atoms with E-state index >= 15 is 0 Å². The summed E-state index contributed by atoms with van der Waals surface area (Å²) >= 11 is 6.71. The van der Waals surface area contributed by atoms with Gasteiger partial charge in [0.15, 0.2) is 0 Å². The number of hydrogen-bond acceptors (Lipinski definition) is 3. The summed E-state index contributed by atoms with van der Waals surface area (Å²) in [6.07, 6.45) is 1.09. The minimum absolute atomic E-state index is 0.256. The molecule has 0 radical (unpaired) electrons. The highest BCUT2D eigenvalue weighted by molar-refractivity contribution is 7.99. The highest BCUT2D eigenvalue weighted by Gasteiger charge is 2.19. The molecule has 1 atom stereocenters. The van der Waals surface area contributed by atoms with Crippen molar-refractivity contribution in [1.82, 2.24) is 0 Å². The molecule has 0 spiro atoms. The second-order valence-electron chi connectivity index (χ2n) is 3.30. The molecule has 0 fully saturated rings. The summed E-state index contributed by atoms with van der Waals surface area (Å²) in [6.45, 7) is 2.12. The molecule has 0 saturated heterocycles. The van der Waals surface area contributed by atoms with Crippen LogP contribution in [-0.2, 0) is 12.4 Å². The zero-order valence-corrected chi connectivity index (χ0v) is 9.12. The standard InChI is InChI=1S/C10H11NS2/c1-7-2-3-8-9(11-12)4-5-13-10(8)6-7/h2-3,6,9H,4-5H2,1H3. The van der Waals surface area contributed by atoms with Crippen LogP contribution in [0.3, 0.4) is 0 Å². The van der Waals surface area contributed by atoms with Crippen molar-refractivity contribution in [2.24, 2.45) is 4.36 Å². The molecule has 1 aromatic carbocycles. The largest absolute Gasteiger partial charge is 0.211 e. The summed E-state index contributed by atoms with van der Waals surface area (Å²) < 4.78 is 3.99. The maximum absolute atomic E-state index is 4.80. The summed E-state index contributed by atoms with van der Waals surface area (Å²) in [4.78, 5) is 1.37. The fourth-order valence-corrected chi connectivity index (χ4v) is 3.01. The number of nitrogens with zero attached hydrogens (tertiary/aromatic N) is 1. The minimum Gasteiger partial charge on any atom is -0.211 e.